The van der Waals surface area contributed by atoms with Crippen LogP contribution in [0.4, 0.5) is 11.4 Å². The van der Waals surface area contributed by atoms with Crippen molar-refractivity contribution in [2.45, 2.75) is 41.5 Å². The molecular weight excluding hydrogens is 723 g/mol. The molecule has 0 radical (unpaired) electrons. The summed E-state index contributed by atoms with van der Waals surface area (Å²) in [6.45, 7) is 12.5. The fourth-order valence-electron chi connectivity index (χ4n) is 3.45. The molecule has 0 unspecified atom stereocenters. The van der Waals surface area contributed by atoms with Crippen molar-refractivity contribution in [3.8, 4) is 0 Å². The van der Waals surface area contributed by atoms with Gasteiger partial charge in [0.25, 0.3) is 0 Å². The summed E-state index contributed by atoms with van der Waals surface area (Å²) in [7, 11) is 9.53. The summed E-state index contributed by atoms with van der Waals surface area (Å²) in [6, 6.07) is 14.7. The monoisotopic (exact) mass is 747 g/mol. The van der Waals surface area contributed by atoms with E-state index in [1.807, 2.05) is 32.0 Å². The Labute approximate surface area is 238 Å². The van der Waals surface area contributed by atoms with E-state index in [1.54, 1.807) is 0 Å². The van der Waals surface area contributed by atoms with Gasteiger partial charge in [0, 0.05) is 7.14 Å². The second-order valence-corrected chi connectivity index (χ2v) is 11.9. The van der Waals surface area contributed by atoms with Crippen LogP contribution >= 0.6 is 65.4 Å². The molecule has 0 atom stereocenters. The number of nitrogens with zero attached hydrogens (tertiary/aromatic N) is 3. The molecule has 2 aromatic carbocycles. The molecule has 0 bridgehead atoms. The van der Waals surface area contributed by atoms with E-state index in [0.717, 1.165) is 34.2 Å². The zero-order valence-corrected chi connectivity index (χ0v) is 26.2. The molecule has 3 nitrogen and oxygen atoms in total. The van der Waals surface area contributed by atoms with Crippen molar-refractivity contribution in [1.82, 2.24) is 4.98 Å². The molecule has 0 aliphatic rings. The Balaban J connectivity index is 0.00000122. The molecule has 0 aliphatic heterocycles. The molecule has 0 amide bonds. The van der Waals surface area contributed by atoms with Crippen LogP contribution in [0.2, 0.25) is 0 Å². The average molecular weight is 748 g/mol. The minimum atomic E-state index is 0.194. The van der Waals surface area contributed by atoms with Crippen LogP contribution in [0.3, 0.4) is 0 Å². The van der Waals surface area contributed by atoms with Crippen molar-refractivity contribution < 1.29 is 13.1 Å². The van der Waals surface area contributed by atoms with E-state index in [0.29, 0.717) is 0 Å². The maximum atomic E-state index is 4.90. The van der Waals surface area contributed by atoms with Crippen molar-refractivity contribution in [3.63, 3.8) is 0 Å². The second-order valence-electron chi connectivity index (χ2n) is 7.63. The number of halogens is 4. The van der Waals surface area contributed by atoms with Crippen LogP contribution in [-0.2, 0) is 13.1 Å². The van der Waals surface area contributed by atoms with Crippen LogP contribution in [0.1, 0.15) is 47.5 Å². The first-order valence-electron chi connectivity index (χ1n) is 10.0. The van der Waals surface area contributed by atoms with Gasteiger partial charge in [-0.15, -0.1) is 0 Å². The third-order valence-electron chi connectivity index (χ3n) is 4.96. The van der Waals surface area contributed by atoms with Crippen molar-refractivity contribution in [2.24, 2.45) is 9.98 Å². The van der Waals surface area contributed by atoms with Gasteiger partial charge >= 0.3 is 33.3 Å². The quantitative estimate of drug-likeness (QED) is 0.149. The van der Waals surface area contributed by atoms with Gasteiger partial charge in [-0.3, -0.25) is 9.98 Å². The molecule has 176 valence electrons. The van der Waals surface area contributed by atoms with Crippen molar-refractivity contribution >= 4 is 88.2 Å². The Hall–Kier alpha value is -0.511. The average Bonchev–Trinajstić information content (AvgIpc) is 2.73. The van der Waals surface area contributed by atoms with E-state index in [9.17, 15) is 0 Å². The molecule has 0 N–H and O–H groups in total. The zero-order valence-electron chi connectivity index (χ0n) is 19.2. The van der Waals surface area contributed by atoms with Gasteiger partial charge in [-0.1, -0.05) is 6.07 Å². The Morgan fingerprint density at radius 2 is 1.03 bits per heavy atom. The van der Waals surface area contributed by atoms with Gasteiger partial charge in [-0.25, -0.2) is 4.98 Å². The Bertz CT molecular complexity index is 1080. The summed E-state index contributed by atoms with van der Waals surface area (Å²) in [5, 5.41) is 0. The molecule has 33 heavy (non-hydrogen) atoms. The molecule has 0 fully saturated rings. The van der Waals surface area contributed by atoms with E-state index in [-0.39, 0.29) is 13.1 Å². The van der Waals surface area contributed by atoms with Gasteiger partial charge < -0.3 is 0 Å². The Kier molecular flexibility index (Phi) is 11.8. The SMILES string of the molecule is CC(=Nc1c(C)cc(I)cc1C)c1cccc(C(C)=Nc2c(C)cc(I)cc2C)n1.[Cl][Fe][Cl]. The minimum absolute atomic E-state index is 0.194. The molecule has 8 heteroatoms. The van der Waals surface area contributed by atoms with Crippen LogP contribution < -0.4 is 0 Å². The van der Waals surface area contributed by atoms with E-state index in [2.05, 4.69) is 97.1 Å². The molecule has 1 aromatic heterocycles. The van der Waals surface area contributed by atoms with E-state index in [4.69, 9.17) is 35.2 Å². The van der Waals surface area contributed by atoms with Gasteiger partial charge in [0.2, 0.25) is 0 Å². The molecule has 3 aromatic rings. The summed E-state index contributed by atoms with van der Waals surface area (Å²) in [5.74, 6) is 0. The third kappa shape index (κ3) is 8.29. The summed E-state index contributed by atoms with van der Waals surface area (Å²) < 4.78 is 2.46. The first-order valence-corrected chi connectivity index (χ1v) is 15.2. The molecular formula is C25H25Cl2FeI2N3. The second kappa shape index (κ2) is 13.5. The molecule has 0 spiro atoms. The number of pyridine rings is 1. The fraction of sp³-hybridized carbons (Fsp3) is 0.240. The zero-order chi connectivity index (χ0) is 24.7. The molecule has 0 aliphatic carbocycles. The Morgan fingerprint density at radius 1 is 0.727 bits per heavy atom. The van der Waals surface area contributed by atoms with Crippen molar-refractivity contribution in [1.29, 1.82) is 0 Å². The molecule has 0 saturated heterocycles. The Morgan fingerprint density at radius 3 is 1.33 bits per heavy atom. The predicted molar refractivity (Wildman–Crippen MR) is 157 cm³/mol. The first-order chi connectivity index (χ1) is 15.6. The molecule has 1 heterocycles. The van der Waals surface area contributed by atoms with Gasteiger partial charge in [0.1, 0.15) is 0 Å². The van der Waals surface area contributed by atoms with Gasteiger partial charge in [0.15, 0.2) is 0 Å². The van der Waals surface area contributed by atoms with Crippen LogP contribution in [-0.4, -0.2) is 16.4 Å². The number of hydrogen-bond donors (Lipinski definition) is 0. The summed E-state index contributed by atoms with van der Waals surface area (Å²) >= 11 is 4.88. The van der Waals surface area contributed by atoms with E-state index in [1.165, 1.54) is 29.4 Å². The van der Waals surface area contributed by atoms with Crippen LogP contribution in [0.5, 0.6) is 0 Å². The number of aryl methyl sites for hydroxylation is 4. The van der Waals surface area contributed by atoms with Crippen molar-refractivity contribution in [2.75, 3.05) is 0 Å². The number of benzene rings is 2. The topological polar surface area (TPSA) is 37.6 Å². The van der Waals surface area contributed by atoms with Gasteiger partial charge in [-0.2, -0.15) is 0 Å². The fourth-order valence-corrected chi connectivity index (χ4v) is 5.31. The first kappa shape index (κ1) is 28.7. The number of aromatic nitrogens is 1. The van der Waals surface area contributed by atoms with E-state index >= 15 is 0 Å². The summed E-state index contributed by atoms with van der Waals surface area (Å²) in [5.41, 5.74) is 10.3. The third-order valence-corrected chi connectivity index (χ3v) is 6.21. The summed E-state index contributed by atoms with van der Waals surface area (Å²) in [6.07, 6.45) is 0. The standard InChI is InChI=1S/C25H25I2N3.2ClH.Fe/c1-14-10-20(26)11-15(2)24(14)28-18(5)22-8-7-9-23(30-22)19(6)29-25-16(3)12-21(27)13-17(25)4;;;/h7-13H,1-6H3;2*1H;/q;;;+2/p-2. The number of hydrogen-bond acceptors (Lipinski definition) is 3. The predicted octanol–water partition coefficient (Wildman–Crippen LogP) is 9.18. The summed E-state index contributed by atoms with van der Waals surface area (Å²) in [4.78, 5) is 14.7. The van der Waals surface area contributed by atoms with Gasteiger partial charge in [-0.05, 0) is 145 Å². The van der Waals surface area contributed by atoms with Crippen LogP contribution in [0.25, 0.3) is 0 Å². The number of aliphatic imine (C=N–C) groups is 2. The maximum absolute atomic E-state index is 4.90. The van der Waals surface area contributed by atoms with Crippen LogP contribution in [0.15, 0.2) is 52.4 Å². The molecule has 0 saturated carbocycles. The van der Waals surface area contributed by atoms with E-state index < -0.39 is 0 Å². The van der Waals surface area contributed by atoms with Gasteiger partial charge in [0.05, 0.1) is 34.2 Å². The molecule has 3 rings (SSSR count). The van der Waals surface area contributed by atoms with Crippen molar-refractivity contribution in [3.05, 3.63) is 83.2 Å². The number of rotatable bonds is 4. The normalized spacial score (nSPS) is 11.9. The van der Waals surface area contributed by atoms with Crippen LogP contribution in [0, 0.1) is 34.8 Å².